The summed E-state index contributed by atoms with van der Waals surface area (Å²) in [5, 5.41) is 2.78. The largest absolute Gasteiger partial charge is 0.312 e. The third-order valence-electron chi connectivity index (χ3n) is 3.12. The zero-order valence-electron chi connectivity index (χ0n) is 11.6. The van der Waals surface area contributed by atoms with Crippen molar-refractivity contribution >= 4 is 17.4 Å². The Labute approximate surface area is 131 Å². The molecule has 3 rings (SSSR count). The highest BCUT2D eigenvalue weighted by Crippen LogP contribution is 2.22. The van der Waals surface area contributed by atoms with Crippen molar-refractivity contribution in [1.82, 2.24) is 9.55 Å². The molecule has 1 aromatic carbocycles. The van der Waals surface area contributed by atoms with E-state index < -0.39 is 0 Å². The van der Waals surface area contributed by atoms with Gasteiger partial charge in [0.05, 0.1) is 5.69 Å². The predicted molar refractivity (Wildman–Crippen MR) is 87.2 cm³/mol. The summed E-state index contributed by atoms with van der Waals surface area (Å²) in [4.78, 5) is 16.0. The van der Waals surface area contributed by atoms with Crippen molar-refractivity contribution in [3.63, 3.8) is 0 Å². The molecule has 0 unspecified atom stereocenters. The van der Waals surface area contributed by atoms with E-state index >= 15 is 0 Å². The highest BCUT2D eigenvalue weighted by molar-refractivity contribution is 7.10. The molecule has 0 atom stereocenters. The maximum absolute atomic E-state index is 12.9. The second-order valence-corrected chi connectivity index (χ2v) is 5.56. The first-order valence-electron chi connectivity index (χ1n) is 6.76. The fourth-order valence-corrected chi connectivity index (χ4v) is 2.74. The number of benzene rings is 1. The number of thiazole rings is 1. The predicted octanol–water partition coefficient (Wildman–Crippen LogP) is 3.82. The van der Waals surface area contributed by atoms with Crippen LogP contribution in [0.25, 0.3) is 17.3 Å². The van der Waals surface area contributed by atoms with Crippen molar-refractivity contribution in [3.05, 3.63) is 81.3 Å². The monoisotopic (exact) mass is 312 g/mol. The van der Waals surface area contributed by atoms with Crippen molar-refractivity contribution in [2.24, 2.45) is 0 Å². The van der Waals surface area contributed by atoms with Crippen LogP contribution in [0.3, 0.4) is 0 Å². The lowest BCUT2D eigenvalue weighted by atomic mass is 10.2. The Bertz CT molecular complexity index is 849. The molecule has 3 nitrogen and oxygen atoms in total. The molecule has 110 valence electrons. The lowest BCUT2D eigenvalue weighted by Crippen LogP contribution is -2.16. The SMILES string of the molecule is O=c1ccccn1C/C=C/c1nc(-c2ccc(F)cc2)cs1. The highest BCUT2D eigenvalue weighted by atomic mass is 32.1. The van der Waals surface area contributed by atoms with Gasteiger partial charge in [-0.05, 0) is 36.4 Å². The molecule has 0 saturated heterocycles. The van der Waals surface area contributed by atoms with E-state index in [-0.39, 0.29) is 11.4 Å². The van der Waals surface area contributed by atoms with Crippen molar-refractivity contribution in [1.29, 1.82) is 0 Å². The Hall–Kier alpha value is -2.53. The molecular weight excluding hydrogens is 299 g/mol. The molecule has 0 N–H and O–H groups in total. The van der Waals surface area contributed by atoms with Gasteiger partial charge in [0.25, 0.3) is 5.56 Å². The zero-order chi connectivity index (χ0) is 15.4. The van der Waals surface area contributed by atoms with Gasteiger partial charge in [-0.15, -0.1) is 11.3 Å². The van der Waals surface area contributed by atoms with Crippen LogP contribution in [0.4, 0.5) is 4.39 Å². The number of pyridine rings is 1. The molecular formula is C17H13FN2OS. The lowest BCUT2D eigenvalue weighted by molar-refractivity contribution is 0.628. The summed E-state index contributed by atoms with van der Waals surface area (Å²) in [7, 11) is 0. The molecule has 0 aliphatic heterocycles. The van der Waals surface area contributed by atoms with Crippen molar-refractivity contribution in [3.8, 4) is 11.3 Å². The number of hydrogen-bond donors (Lipinski definition) is 0. The van der Waals surface area contributed by atoms with Crippen molar-refractivity contribution in [2.75, 3.05) is 0 Å². The smallest absolute Gasteiger partial charge is 0.250 e. The minimum Gasteiger partial charge on any atom is -0.312 e. The molecule has 0 spiro atoms. The van der Waals surface area contributed by atoms with E-state index in [1.165, 1.54) is 29.5 Å². The first-order chi connectivity index (χ1) is 10.7. The number of allylic oxidation sites excluding steroid dienone is 1. The van der Waals surface area contributed by atoms with E-state index in [1.807, 2.05) is 23.6 Å². The molecule has 3 aromatic rings. The van der Waals surface area contributed by atoms with Gasteiger partial charge >= 0.3 is 0 Å². The zero-order valence-corrected chi connectivity index (χ0v) is 12.5. The van der Waals surface area contributed by atoms with E-state index in [4.69, 9.17) is 0 Å². The number of aromatic nitrogens is 2. The molecule has 0 saturated carbocycles. The number of hydrogen-bond acceptors (Lipinski definition) is 3. The quantitative estimate of drug-likeness (QED) is 0.734. The van der Waals surface area contributed by atoms with Crippen LogP contribution in [0.2, 0.25) is 0 Å². The van der Waals surface area contributed by atoms with Crippen LogP contribution in [0.5, 0.6) is 0 Å². The molecule has 0 amide bonds. The Balaban J connectivity index is 1.72. The number of halogens is 1. The number of nitrogens with zero attached hydrogens (tertiary/aromatic N) is 2. The summed E-state index contributed by atoms with van der Waals surface area (Å²) in [6.07, 6.45) is 5.53. The molecule has 0 aliphatic rings. The van der Waals surface area contributed by atoms with Gasteiger partial charge in [0.2, 0.25) is 0 Å². The van der Waals surface area contributed by atoms with E-state index in [2.05, 4.69) is 4.98 Å². The van der Waals surface area contributed by atoms with Crippen LogP contribution in [-0.4, -0.2) is 9.55 Å². The van der Waals surface area contributed by atoms with Gasteiger partial charge in [-0.3, -0.25) is 4.79 Å². The molecule has 22 heavy (non-hydrogen) atoms. The molecule has 2 heterocycles. The van der Waals surface area contributed by atoms with Crippen LogP contribution in [0.15, 0.2) is 64.9 Å². The summed E-state index contributed by atoms with van der Waals surface area (Å²) in [5.41, 5.74) is 1.68. The van der Waals surface area contributed by atoms with Crippen molar-refractivity contribution in [2.45, 2.75) is 6.54 Å². The van der Waals surface area contributed by atoms with Crippen LogP contribution in [0, 0.1) is 5.82 Å². The molecule has 2 aromatic heterocycles. The molecule has 0 radical (unpaired) electrons. The minimum absolute atomic E-state index is 0.0294. The van der Waals surface area contributed by atoms with Gasteiger partial charge in [0.15, 0.2) is 0 Å². The third-order valence-corrected chi connectivity index (χ3v) is 3.93. The Morgan fingerprint density at radius 2 is 2.00 bits per heavy atom. The fraction of sp³-hybridized carbons (Fsp3) is 0.0588. The summed E-state index contributed by atoms with van der Waals surface area (Å²) in [5.74, 6) is -0.257. The average Bonchev–Trinajstić information content (AvgIpc) is 2.99. The second-order valence-electron chi connectivity index (χ2n) is 4.67. The lowest BCUT2D eigenvalue weighted by Gasteiger charge is -1.98. The van der Waals surface area contributed by atoms with E-state index in [1.54, 1.807) is 29.0 Å². The van der Waals surface area contributed by atoms with E-state index in [0.29, 0.717) is 6.54 Å². The molecule has 0 aliphatic carbocycles. The Kier molecular flexibility index (Phi) is 4.25. The van der Waals surface area contributed by atoms with Gasteiger partial charge < -0.3 is 4.57 Å². The van der Waals surface area contributed by atoms with E-state index in [9.17, 15) is 9.18 Å². The van der Waals surface area contributed by atoms with Gasteiger partial charge in [0.1, 0.15) is 10.8 Å². The molecule has 5 heteroatoms. The molecule has 0 fully saturated rings. The Morgan fingerprint density at radius 3 is 2.77 bits per heavy atom. The first-order valence-corrected chi connectivity index (χ1v) is 7.64. The van der Waals surface area contributed by atoms with Gasteiger partial charge in [-0.25, -0.2) is 9.37 Å². The third kappa shape index (κ3) is 3.38. The second kappa shape index (κ2) is 6.49. The summed E-state index contributed by atoms with van der Waals surface area (Å²) < 4.78 is 14.5. The number of rotatable bonds is 4. The summed E-state index contributed by atoms with van der Waals surface area (Å²) in [6.45, 7) is 0.505. The average molecular weight is 312 g/mol. The van der Waals surface area contributed by atoms with Crippen LogP contribution < -0.4 is 5.56 Å². The molecule has 0 bridgehead atoms. The van der Waals surface area contributed by atoms with Crippen molar-refractivity contribution < 1.29 is 4.39 Å². The Morgan fingerprint density at radius 1 is 1.18 bits per heavy atom. The van der Waals surface area contributed by atoms with Gasteiger partial charge in [0, 0.05) is 29.8 Å². The fourth-order valence-electron chi connectivity index (χ4n) is 2.00. The maximum Gasteiger partial charge on any atom is 0.250 e. The van der Waals surface area contributed by atoms with E-state index in [0.717, 1.165) is 16.3 Å². The van der Waals surface area contributed by atoms with Gasteiger partial charge in [-0.2, -0.15) is 0 Å². The van der Waals surface area contributed by atoms with Crippen LogP contribution in [-0.2, 0) is 6.54 Å². The standard InChI is InChI=1S/C17H13FN2OS/c18-14-8-6-13(7-9-14)15-12-22-16(19-15)4-3-11-20-10-2-1-5-17(20)21/h1-10,12H,11H2/b4-3+. The first kappa shape index (κ1) is 14.4. The summed E-state index contributed by atoms with van der Waals surface area (Å²) >= 11 is 1.51. The van der Waals surface area contributed by atoms with Gasteiger partial charge in [-0.1, -0.05) is 12.1 Å². The van der Waals surface area contributed by atoms with Crippen LogP contribution >= 0.6 is 11.3 Å². The minimum atomic E-state index is -0.257. The highest BCUT2D eigenvalue weighted by Gasteiger charge is 2.02. The maximum atomic E-state index is 12.9. The topological polar surface area (TPSA) is 34.9 Å². The summed E-state index contributed by atoms with van der Waals surface area (Å²) in [6, 6.07) is 11.3. The van der Waals surface area contributed by atoms with Crippen LogP contribution in [0.1, 0.15) is 5.01 Å². The normalized spacial score (nSPS) is 11.1.